The number of halogens is 1. The van der Waals surface area contributed by atoms with Crippen molar-refractivity contribution in [3.05, 3.63) is 53.1 Å². The molecule has 2 aromatic rings. The molecule has 0 saturated heterocycles. The lowest BCUT2D eigenvalue weighted by Crippen LogP contribution is -2.19. The highest BCUT2D eigenvalue weighted by atomic mass is 35.5. The van der Waals surface area contributed by atoms with Crippen molar-refractivity contribution in [1.82, 2.24) is 14.5 Å². The first-order valence-corrected chi connectivity index (χ1v) is 5.92. The highest BCUT2D eigenvalue weighted by molar-refractivity contribution is 6.30. The van der Waals surface area contributed by atoms with Gasteiger partial charge in [-0.3, -0.25) is 4.90 Å². The highest BCUT2D eigenvalue weighted by Crippen LogP contribution is 2.12. The molecule has 0 unspecified atom stereocenters. The van der Waals surface area contributed by atoms with Crippen LogP contribution < -0.4 is 0 Å². The van der Waals surface area contributed by atoms with Gasteiger partial charge in [0.05, 0.1) is 6.54 Å². The van der Waals surface area contributed by atoms with E-state index < -0.39 is 0 Å². The zero-order chi connectivity index (χ0) is 12.3. The fourth-order valence-corrected chi connectivity index (χ4v) is 2.01. The number of aryl methyl sites for hydroxylation is 1. The van der Waals surface area contributed by atoms with Crippen molar-refractivity contribution in [1.29, 1.82) is 0 Å². The Balaban J connectivity index is 1.98. The van der Waals surface area contributed by atoms with Crippen LogP contribution in [0.4, 0.5) is 0 Å². The van der Waals surface area contributed by atoms with E-state index in [4.69, 9.17) is 11.6 Å². The lowest BCUT2D eigenvalue weighted by atomic mass is 10.2. The van der Waals surface area contributed by atoms with E-state index in [1.165, 1.54) is 5.56 Å². The van der Waals surface area contributed by atoms with Gasteiger partial charge >= 0.3 is 0 Å². The van der Waals surface area contributed by atoms with Gasteiger partial charge in [0.2, 0.25) is 0 Å². The normalized spacial score (nSPS) is 11.1. The van der Waals surface area contributed by atoms with Gasteiger partial charge in [0, 0.05) is 31.0 Å². The summed E-state index contributed by atoms with van der Waals surface area (Å²) >= 11 is 5.96. The summed E-state index contributed by atoms with van der Waals surface area (Å²) in [6.07, 6.45) is 3.78. The molecule has 0 aliphatic heterocycles. The molecule has 2 rings (SSSR count). The van der Waals surface area contributed by atoms with Gasteiger partial charge in [-0.2, -0.15) is 0 Å². The summed E-state index contributed by atoms with van der Waals surface area (Å²) in [5.41, 5.74) is 1.22. The Hall–Kier alpha value is -1.32. The number of hydrogen-bond acceptors (Lipinski definition) is 2. The summed E-state index contributed by atoms with van der Waals surface area (Å²) < 4.78 is 2.04. The van der Waals surface area contributed by atoms with Gasteiger partial charge in [0.25, 0.3) is 0 Å². The second-order valence-electron chi connectivity index (χ2n) is 4.26. The number of benzene rings is 1. The minimum atomic E-state index is 0.785. The summed E-state index contributed by atoms with van der Waals surface area (Å²) in [6.45, 7) is 1.70. The van der Waals surface area contributed by atoms with Crippen molar-refractivity contribution < 1.29 is 0 Å². The lowest BCUT2D eigenvalue weighted by Gasteiger charge is -2.16. The predicted molar refractivity (Wildman–Crippen MR) is 69.8 cm³/mol. The van der Waals surface area contributed by atoms with Crippen molar-refractivity contribution in [2.24, 2.45) is 7.05 Å². The fourth-order valence-electron chi connectivity index (χ4n) is 1.79. The van der Waals surface area contributed by atoms with Crippen LogP contribution in [0.25, 0.3) is 0 Å². The Morgan fingerprint density at radius 3 is 2.82 bits per heavy atom. The smallest absolute Gasteiger partial charge is 0.122 e. The maximum absolute atomic E-state index is 5.96. The molecule has 0 fully saturated rings. The molecule has 3 nitrogen and oxygen atoms in total. The van der Waals surface area contributed by atoms with Gasteiger partial charge in [0.15, 0.2) is 0 Å². The topological polar surface area (TPSA) is 21.1 Å². The first-order valence-electron chi connectivity index (χ1n) is 5.54. The van der Waals surface area contributed by atoms with E-state index in [0.717, 1.165) is 23.9 Å². The van der Waals surface area contributed by atoms with Crippen molar-refractivity contribution >= 4 is 11.6 Å². The zero-order valence-electron chi connectivity index (χ0n) is 10.1. The number of nitrogens with zero attached hydrogens (tertiary/aromatic N) is 3. The largest absolute Gasteiger partial charge is 0.337 e. The van der Waals surface area contributed by atoms with Crippen LogP contribution in [0, 0.1) is 0 Å². The van der Waals surface area contributed by atoms with E-state index in [0.29, 0.717) is 0 Å². The van der Waals surface area contributed by atoms with E-state index in [2.05, 4.69) is 23.0 Å². The van der Waals surface area contributed by atoms with Crippen LogP contribution in [0.2, 0.25) is 5.02 Å². The Bertz CT molecular complexity index is 493. The van der Waals surface area contributed by atoms with E-state index in [1.807, 2.05) is 42.2 Å². The molecule has 17 heavy (non-hydrogen) atoms. The summed E-state index contributed by atoms with van der Waals surface area (Å²) in [5, 5.41) is 0.785. The molecular formula is C13H16ClN3. The second-order valence-corrected chi connectivity index (χ2v) is 4.69. The third-order valence-corrected chi connectivity index (χ3v) is 2.91. The first kappa shape index (κ1) is 12.1. The van der Waals surface area contributed by atoms with Gasteiger partial charge in [-0.05, 0) is 24.7 Å². The van der Waals surface area contributed by atoms with Crippen LogP contribution in [0.1, 0.15) is 11.4 Å². The van der Waals surface area contributed by atoms with Crippen LogP contribution in [0.15, 0.2) is 36.7 Å². The maximum Gasteiger partial charge on any atom is 0.122 e. The monoisotopic (exact) mass is 249 g/mol. The van der Waals surface area contributed by atoms with E-state index in [1.54, 1.807) is 0 Å². The average molecular weight is 250 g/mol. The summed E-state index contributed by atoms with van der Waals surface area (Å²) in [6, 6.07) is 7.95. The molecule has 0 aliphatic rings. The summed E-state index contributed by atoms with van der Waals surface area (Å²) in [4.78, 5) is 6.53. The van der Waals surface area contributed by atoms with Gasteiger partial charge in [-0.1, -0.05) is 23.7 Å². The zero-order valence-corrected chi connectivity index (χ0v) is 10.9. The molecule has 1 aromatic heterocycles. The third-order valence-electron chi connectivity index (χ3n) is 2.67. The number of hydrogen-bond donors (Lipinski definition) is 0. The molecule has 0 saturated carbocycles. The second kappa shape index (κ2) is 5.34. The molecule has 0 bridgehead atoms. The summed E-state index contributed by atoms with van der Waals surface area (Å²) in [7, 11) is 4.09. The lowest BCUT2D eigenvalue weighted by molar-refractivity contribution is 0.307. The molecule has 0 atom stereocenters. The third kappa shape index (κ3) is 3.32. The molecular weight excluding hydrogens is 234 g/mol. The number of rotatable bonds is 4. The molecule has 0 radical (unpaired) electrons. The number of aromatic nitrogens is 2. The summed E-state index contributed by atoms with van der Waals surface area (Å²) in [5.74, 6) is 1.06. The van der Waals surface area contributed by atoms with Gasteiger partial charge < -0.3 is 4.57 Å². The quantitative estimate of drug-likeness (QED) is 0.831. The Morgan fingerprint density at radius 2 is 2.18 bits per heavy atom. The Morgan fingerprint density at radius 1 is 1.35 bits per heavy atom. The van der Waals surface area contributed by atoms with Crippen LogP contribution in [-0.4, -0.2) is 21.5 Å². The van der Waals surface area contributed by atoms with Gasteiger partial charge in [-0.25, -0.2) is 4.98 Å². The first-order chi connectivity index (χ1) is 8.15. The minimum absolute atomic E-state index is 0.785. The minimum Gasteiger partial charge on any atom is -0.337 e. The van der Waals surface area contributed by atoms with Crippen LogP contribution >= 0.6 is 11.6 Å². The molecule has 0 spiro atoms. The van der Waals surface area contributed by atoms with Gasteiger partial charge in [0.1, 0.15) is 5.82 Å². The average Bonchev–Trinajstić information content (AvgIpc) is 2.64. The number of imidazole rings is 1. The van der Waals surface area contributed by atoms with Crippen LogP contribution in [0.5, 0.6) is 0 Å². The maximum atomic E-state index is 5.96. The Kier molecular flexibility index (Phi) is 3.82. The fraction of sp³-hybridized carbons (Fsp3) is 0.308. The van der Waals surface area contributed by atoms with Crippen molar-refractivity contribution in [3.8, 4) is 0 Å². The molecule has 90 valence electrons. The van der Waals surface area contributed by atoms with E-state index in [9.17, 15) is 0 Å². The van der Waals surface area contributed by atoms with Gasteiger partial charge in [-0.15, -0.1) is 0 Å². The standard InChI is InChI=1S/C13H16ClN3/c1-16(10-13-15-6-7-17(13)2)9-11-4-3-5-12(14)8-11/h3-8H,9-10H2,1-2H3. The van der Waals surface area contributed by atoms with Crippen molar-refractivity contribution in [3.63, 3.8) is 0 Å². The molecule has 0 amide bonds. The van der Waals surface area contributed by atoms with E-state index >= 15 is 0 Å². The highest BCUT2D eigenvalue weighted by Gasteiger charge is 2.05. The van der Waals surface area contributed by atoms with E-state index in [-0.39, 0.29) is 0 Å². The molecule has 1 heterocycles. The molecule has 0 aliphatic carbocycles. The molecule has 0 N–H and O–H groups in total. The van der Waals surface area contributed by atoms with Crippen molar-refractivity contribution in [2.45, 2.75) is 13.1 Å². The van der Waals surface area contributed by atoms with Crippen molar-refractivity contribution in [2.75, 3.05) is 7.05 Å². The SMILES string of the molecule is CN(Cc1cccc(Cl)c1)Cc1nccn1C. The molecule has 4 heteroatoms. The Labute approximate surface area is 107 Å². The van der Waals surface area contributed by atoms with Crippen LogP contribution in [-0.2, 0) is 20.1 Å². The molecule has 1 aromatic carbocycles. The predicted octanol–water partition coefficient (Wildman–Crippen LogP) is 2.71. The van der Waals surface area contributed by atoms with Crippen LogP contribution in [0.3, 0.4) is 0 Å².